The van der Waals surface area contributed by atoms with Gasteiger partial charge in [0.2, 0.25) is 5.76 Å². The molecule has 0 saturated heterocycles. The maximum absolute atomic E-state index is 13.4. The number of benzene rings is 2. The average Bonchev–Trinajstić information content (AvgIpc) is 2.89. The SMILES string of the molecule is O=C(O)c1oc2ccccc2c1CNc1cc(F)c(F)c(Br)c1. The standard InChI is InChI=1S/C16H10BrF2NO3/c17-11-5-8(6-12(18)14(11)19)20-7-10-9-3-1-2-4-13(9)23-15(10)16(21)22/h1-6,20H,7H2,(H,21,22). The predicted molar refractivity (Wildman–Crippen MR) is 84.6 cm³/mol. The highest BCUT2D eigenvalue weighted by molar-refractivity contribution is 9.10. The lowest BCUT2D eigenvalue weighted by Crippen LogP contribution is -2.05. The van der Waals surface area contributed by atoms with E-state index in [0.29, 0.717) is 22.2 Å². The largest absolute Gasteiger partial charge is 0.475 e. The molecular formula is C16H10BrF2NO3. The van der Waals surface area contributed by atoms with Crippen LogP contribution in [-0.4, -0.2) is 11.1 Å². The number of aromatic carboxylic acids is 1. The molecule has 118 valence electrons. The summed E-state index contributed by atoms with van der Waals surface area (Å²) in [4.78, 5) is 11.3. The van der Waals surface area contributed by atoms with Crippen LogP contribution in [0.1, 0.15) is 16.1 Å². The molecule has 0 amide bonds. The van der Waals surface area contributed by atoms with Gasteiger partial charge in [-0.3, -0.25) is 0 Å². The summed E-state index contributed by atoms with van der Waals surface area (Å²) < 4.78 is 32.0. The fraction of sp³-hybridized carbons (Fsp3) is 0.0625. The number of carboxylic acids is 1. The van der Waals surface area contributed by atoms with Crippen LogP contribution >= 0.6 is 15.9 Å². The third-order valence-electron chi connectivity index (χ3n) is 3.35. The van der Waals surface area contributed by atoms with Crippen LogP contribution in [0.15, 0.2) is 45.3 Å². The number of anilines is 1. The van der Waals surface area contributed by atoms with Gasteiger partial charge in [0.15, 0.2) is 11.6 Å². The van der Waals surface area contributed by atoms with E-state index in [-0.39, 0.29) is 16.8 Å². The summed E-state index contributed by atoms with van der Waals surface area (Å²) in [5.41, 5.74) is 1.21. The van der Waals surface area contributed by atoms with Crippen molar-refractivity contribution in [3.05, 3.63) is 63.8 Å². The van der Waals surface area contributed by atoms with Gasteiger partial charge in [0.05, 0.1) is 4.47 Å². The Morgan fingerprint density at radius 2 is 2.00 bits per heavy atom. The summed E-state index contributed by atoms with van der Waals surface area (Å²) in [7, 11) is 0. The molecule has 0 bridgehead atoms. The molecule has 0 radical (unpaired) electrons. The van der Waals surface area contributed by atoms with E-state index in [2.05, 4.69) is 21.2 Å². The first-order chi connectivity index (χ1) is 11.0. The second-order valence-corrected chi connectivity index (χ2v) is 5.67. The van der Waals surface area contributed by atoms with Crippen molar-refractivity contribution in [1.29, 1.82) is 0 Å². The van der Waals surface area contributed by atoms with Crippen molar-refractivity contribution in [2.75, 3.05) is 5.32 Å². The van der Waals surface area contributed by atoms with Crippen LogP contribution in [0.2, 0.25) is 0 Å². The number of para-hydroxylation sites is 1. The van der Waals surface area contributed by atoms with Gasteiger partial charge in [-0.1, -0.05) is 18.2 Å². The molecule has 7 heteroatoms. The third kappa shape index (κ3) is 2.92. The van der Waals surface area contributed by atoms with E-state index in [1.807, 2.05) is 0 Å². The molecule has 2 N–H and O–H groups in total. The third-order valence-corrected chi connectivity index (χ3v) is 3.92. The van der Waals surface area contributed by atoms with Gasteiger partial charge >= 0.3 is 5.97 Å². The molecule has 0 spiro atoms. The average molecular weight is 382 g/mol. The Balaban J connectivity index is 1.95. The minimum atomic E-state index is -1.19. The number of rotatable bonds is 4. The van der Waals surface area contributed by atoms with Crippen LogP contribution in [0.4, 0.5) is 14.5 Å². The monoisotopic (exact) mass is 381 g/mol. The van der Waals surface area contributed by atoms with E-state index >= 15 is 0 Å². The van der Waals surface area contributed by atoms with Crippen LogP contribution in [0.25, 0.3) is 11.0 Å². The van der Waals surface area contributed by atoms with Crippen LogP contribution in [0, 0.1) is 11.6 Å². The number of nitrogens with one attached hydrogen (secondary N) is 1. The topological polar surface area (TPSA) is 62.5 Å². The number of hydrogen-bond acceptors (Lipinski definition) is 3. The molecule has 23 heavy (non-hydrogen) atoms. The van der Waals surface area contributed by atoms with Crippen LogP contribution in [-0.2, 0) is 6.54 Å². The number of hydrogen-bond donors (Lipinski definition) is 2. The molecule has 3 rings (SSSR count). The van der Waals surface area contributed by atoms with E-state index in [9.17, 15) is 18.7 Å². The molecule has 1 aromatic heterocycles. The Kier molecular flexibility index (Phi) is 4.04. The predicted octanol–water partition coefficient (Wildman–Crippen LogP) is 4.78. The lowest BCUT2D eigenvalue weighted by atomic mass is 10.1. The molecule has 0 aliphatic rings. The van der Waals surface area contributed by atoms with Crippen molar-refractivity contribution in [3.63, 3.8) is 0 Å². The van der Waals surface area contributed by atoms with E-state index in [1.54, 1.807) is 24.3 Å². The van der Waals surface area contributed by atoms with Gasteiger partial charge in [-0.2, -0.15) is 0 Å². The first-order valence-electron chi connectivity index (χ1n) is 6.59. The maximum Gasteiger partial charge on any atom is 0.372 e. The van der Waals surface area contributed by atoms with Gasteiger partial charge in [0.25, 0.3) is 0 Å². The molecule has 0 aliphatic heterocycles. The zero-order chi connectivity index (χ0) is 16.6. The fourth-order valence-corrected chi connectivity index (χ4v) is 2.73. The lowest BCUT2D eigenvalue weighted by Gasteiger charge is -2.08. The summed E-state index contributed by atoms with van der Waals surface area (Å²) in [6.07, 6.45) is 0. The molecule has 0 fully saturated rings. The van der Waals surface area contributed by atoms with Gasteiger partial charge < -0.3 is 14.8 Å². The maximum atomic E-state index is 13.4. The van der Waals surface area contributed by atoms with Crippen molar-refractivity contribution in [2.45, 2.75) is 6.54 Å². The van der Waals surface area contributed by atoms with Gasteiger partial charge in [0.1, 0.15) is 5.58 Å². The van der Waals surface area contributed by atoms with E-state index < -0.39 is 17.6 Å². The Morgan fingerprint density at radius 3 is 2.70 bits per heavy atom. The minimum Gasteiger partial charge on any atom is -0.475 e. The van der Waals surface area contributed by atoms with Crippen molar-refractivity contribution in [2.24, 2.45) is 0 Å². The Bertz CT molecular complexity index is 884. The van der Waals surface area contributed by atoms with Crippen molar-refractivity contribution >= 4 is 38.6 Å². The van der Waals surface area contributed by atoms with Gasteiger partial charge in [-0.25, -0.2) is 13.6 Å². The summed E-state index contributed by atoms with van der Waals surface area (Å²) in [5.74, 6) is -3.35. The normalized spacial score (nSPS) is 10.9. The van der Waals surface area contributed by atoms with E-state index in [0.717, 1.165) is 6.07 Å². The number of halogens is 3. The lowest BCUT2D eigenvalue weighted by molar-refractivity contribution is 0.0663. The number of carbonyl (C=O) groups is 1. The highest BCUT2D eigenvalue weighted by Crippen LogP contribution is 2.28. The minimum absolute atomic E-state index is 0.0180. The van der Waals surface area contributed by atoms with Crippen LogP contribution in [0.3, 0.4) is 0 Å². The molecular weight excluding hydrogens is 372 g/mol. The smallest absolute Gasteiger partial charge is 0.372 e. The van der Waals surface area contributed by atoms with Crippen LogP contribution in [0.5, 0.6) is 0 Å². The molecule has 4 nitrogen and oxygen atoms in total. The first-order valence-corrected chi connectivity index (χ1v) is 7.39. The molecule has 1 heterocycles. The molecule has 2 aromatic carbocycles. The highest BCUT2D eigenvalue weighted by atomic mass is 79.9. The van der Waals surface area contributed by atoms with Gasteiger partial charge in [-0.05, 0) is 28.1 Å². The van der Waals surface area contributed by atoms with Crippen molar-refractivity contribution < 1.29 is 23.1 Å². The summed E-state index contributed by atoms with van der Waals surface area (Å²) in [6, 6.07) is 9.29. The molecule has 3 aromatic rings. The number of carboxylic acid groups (broad SMARTS) is 1. The fourth-order valence-electron chi connectivity index (χ4n) is 2.30. The second kappa shape index (κ2) is 6.00. The number of furan rings is 1. The van der Waals surface area contributed by atoms with Gasteiger partial charge in [0, 0.05) is 29.2 Å². The van der Waals surface area contributed by atoms with Crippen molar-refractivity contribution in [3.8, 4) is 0 Å². The zero-order valence-electron chi connectivity index (χ0n) is 11.6. The molecule has 0 atom stereocenters. The Hall–Kier alpha value is -2.41. The first kappa shape index (κ1) is 15.5. The molecule has 0 saturated carbocycles. The number of fused-ring (bicyclic) bond motifs is 1. The summed E-state index contributed by atoms with van der Waals surface area (Å²) in [6.45, 7) is 0.0934. The zero-order valence-corrected chi connectivity index (χ0v) is 13.2. The molecule has 0 aliphatic carbocycles. The van der Waals surface area contributed by atoms with E-state index in [1.165, 1.54) is 6.07 Å². The quantitative estimate of drug-likeness (QED) is 0.638. The summed E-state index contributed by atoms with van der Waals surface area (Å²) in [5, 5.41) is 12.8. The van der Waals surface area contributed by atoms with Crippen molar-refractivity contribution in [1.82, 2.24) is 0 Å². The second-order valence-electron chi connectivity index (χ2n) is 4.82. The Labute approximate surface area is 137 Å². The van der Waals surface area contributed by atoms with Crippen LogP contribution < -0.4 is 5.32 Å². The van der Waals surface area contributed by atoms with E-state index in [4.69, 9.17) is 4.42 Å². The molecule has 0 unspecified atom stereocenters. The van der Waals surface area contributed by atoms with Gasteiger partial charge in [-0.15, -0.1) is 0 Å². The summed E-state index contributed by atoms with van der Waals surface area (Å²) >= 11 is 2.93. The Morgan fingerprint density at radius 1 is 1.26 bits per heavy atom. The highest BCUT2D eigenvalue weighted by Gasteiger charge is 2.19.